The summed E-state index contributed by atoms with van der Waals surface area (Å²) in [5, 5.41) is 3.23. The van der Waals surface area contributed by atoms with Gasteiger partial charge in [-0.25, -0.2) is 0 Å². The third-order valence-corrected chi connectivity index (χ3v) is 2.02. The fraction of sp³-hybridized carbons (Fsp3) is 1.00. The highest BCUT2D eigenvalue weighted by Crippen LogP contribution is 2.12. The van der Waals surface area contributed by atoms with Crippen molar-refractivity contribution in [2.75, 3.05) is 19.9 Å². The van der Waals surface area contributed by atoms with Gasteiger partial charge >= 0.3 is 0 Å². The molecule has 2 atom stereocenters. The van der Waals surface area contributed by atoms with E-state index in [-0.39, 0.29) is 0 Å². The summed E-state index contributed by atoms with van der Waals surface area (Å²) in [6.07, 6.45) is 1.10. The van der Waals surface area contributed by atoms with E-state index in [9.17, 15) is 0 Å². The molecule has 0 saturated carbocycles. The first-order valence-electron chi connectivity index (χ1n) is 3.86. The van der Waals surface area contributed by atoms with Crippen molar-refractivity contribution in [2.45, 2.75) is 19.4 Å². The minimum atomic E-state index is 0.568. The van der Waals surface area contributed by atoms with E-state index in [1.807, 2.05) is 0 Å². The lowest BCUT2D eigenvalue weighted by molar-refractivity contribution is 0.0394. The Morgan fingerprint density at radius 1 is 1.70 bits per heavy atom. The van der Waals surface area contributed by atoms with Crippen molar-refractivity contribution in [1.29, 1.82) is 0 Å². The van der Waals surface area contributed by atoms with Gasteiger partial charge in [0.15, 0.2) is 0 Å². The van der Waals surface area contributed by atoms with Crippen LogP contribution in [0.4, 0.5) is 0 Å². The highest BCUT2D eigenvalue weighted by Gasteiger charge is 2.20. The SMILES string of the molecule is C[C@@H]1COCC[C@H]1NCN. The van der Waals surface area contributed by atoms with E-state index < -0.39 is 0 Å². The standard InChI is InChI=1S/C7H16N2O/c1-6-4-10-3-2-7(6)9-5-8/h6-7,9H,2-5,8H2,1H3/t6-,7-/m1/s1. The first-order chi connectivity index (χ1) is 4.84. The molecule has 0 amide bonds. The number of ether oxygens (including phenoxy) is 1. The number of nitrogens with two attached hydrogens (primary N) is 1. The second-order valence-electron chi connectivity index (χ2n) is 2.86. The average molecular weight is 144 g/mol. The summed E-state index contributed by atoms with van der Waals surface area (Å²) in [6, 6.07) is 0.568. The van der Waals surface area contributed by atoms with Gasteiger partial charge in [-0.15, -0.1) is 0 Å². The van der Waals surface area contributed by atoms with Gasteiger partial charge < -0.3 is 15.8 Å². The third-order valence-electron chi connectivity index (χ3n) is 2.02. The van der Waals surface area contributed by atoms with E-state index in [0.29, 0.717) is 18.6 Å². The molecule has 1 heterocycles. The molecule has 1 rings (SSSR count). The molecule has 0 aromatic carbocycles. The van der Waals surface area contributed by atoms with Crippen LogP contribution in [-0.4, -0.2) is 25.9 Å². The van der Waals surface area contributed by atoms with E-state index in [2.05, 4.69) is 12.2 Å². The molecule has 0 spiro atoms. The molecule has 0 radical (unpaired) electrons. The van der Waals surface area contributed by atoms with E-state index in [1.165, 1.54) is 0 Å². The van der Waals surface area contributed by atoms with Crippen molar-refractivity contribution < 1.29 is 4.74 Å². The zero-order valence-corrected chi connectivity index (χ0v) is 6.47. The van der Waals surface area contributed by atoms with Crippen molar-refractivity contribution in [2.24, 2.45) is 11.7 Å². The second kappa shape index (κ2) is 3.91. The van der Waals surface area contributed by atoms with E-state index in [4.69, 9.17) is 10.5 Å². The fourth-order valence-electron chi connectivity index (χ4n) is 1.33. The van der Waals surface area contributed by atoms with Gasteiger partial charge in [-0.3, -0.25) is 0 Å². The second-order valence-corrected chi connectivity index (χ2v) is 2.86. The molecular formula is C7H16N2O. The molecule has 0 aromatic rings. The number of nitrogens with one attached hydrogen (secondary N) is 1. The Bertz CT molecular complexity index is 95.6. The molecule has 1 aliphatic heterocycles. The molecule has 0 aromatic heterocycles. The maximum atomic E-state index is 5.37. The Morgan fingerprint density at radius 3 is 3.10 bits per heavy atom. The Labute approximate surface area is 61.9 Å². The van der Waals surface area contributed by atoms with Crippen LogP contribution in [-0.2, 0) is 4.74 Å². The summed E-state index contributed by atoms with van der Waals surface area (Å²) in [6.45, 7) is 4.52. The van der Waals surface area contributed by atoms with Crippen LogP contribution in [0, 0.1) is 5.92 Å². The molecule has 0 bridgehead atoms. The Balaban J connectivity index is 2.25. The highest BCUT2D eigenvalue weighted by atomic mass is 16.5. The molecule has 60 valence electrons. The van der Waals surface area contributed by atoms with E-state index >= 15 is 0 Å². The van der Waals surface area contributed by atoms with Crippen molar-refractivity contribution in [3.63, 3.8) is 0 Å². The lowest BCUT2D eigenvalue weighted by atomic mass is 9.98. The number of hydrogen-bond donors (Lipinski definition) is 2. The van der Waals surface area contributed by atoms with Gasteiger partial charge in [0.1, 0.15) is 0 Å². The molecular weight excluding hydrogens is 128 g/mol. The van der Waals surface area contributed by atoms with Crippen LogP contribution in [0.2, 0.25) is 0 Å². The molecule has 0 unspecified atom stereocenters. The minimum absolute atomic E-state index is 0.568. The summed E-state index contributed by atoms with van der Waals surface area (Å²) < 4.78 is 5.28. The smallest absolute Gasteiger partial charge is 0.0506 e. The monoisotopic (exact) mass is 144 g/mol. The highest BCUT2D eigenvalue weighted by molar-refractivity contribution is 4.75. The van der Waals surface area contributed by atoms with Crippen molar-refractivity contribution >= 4 is 0 Å². The zero-order chi connectivity index (χ0) is 7.40. The van der Waals surface area contributed by atoms with Crippen molar-refractivity contribution in [3.8, 4) is 0 Å². The van der Waals surface area contributed by atoms with Crippen LogP contribution in [0.15, 0.2) is 0 Å². The average Bonchev–Trinajstić information content (AvgIpc) is 1.94. The van der Waals surface area contributed by atoms with Crippen LogP contribution in [0.25, 0.3) is 0 Å². The van der Waals surface area contributed by atoms with Gasteiger partial charge in [-0.1, -0.05) is 6.92 Å². The normalized spacial score (nSPS) is 34.2. The van der Waals surface area contributed by atoms with Crippen molar-refractivity contribution in [3.05, 3.63) is 0 Å². The molecule has 3 heteroatoms. The molecule has 10 heavy (non-hydrogen) atoms. The predicted octanol–water partition coefficient (Wildman–Crippen LogP) is -0.0828. The molecule has 1 fully saturated rings. The lowest BCUT2D eigenvalue weighted by Gasteiger charge is -2.29. The summed E-state index contributed by atoms with van der Waals surface area (Å²) >= 11 is 0. The summed E-state index contributed by atoms with van der Waals surface area (Å²) in [5.74, 6) is 0.609. The minimum Gasteiger partial charge on any atom is -0.381 e. The van der Waals surface area contributed by atoms with Gasteiger partial charge in [0.25, 0.3) is 0 Å². The van der Waals surface area contributed by atoms with E-state index in [0.717, 1.165) is 19.6 Å². The number of rotatable bonds is 2. The van der Waals surface area contributed by atoms with Gasteiger partial charge in [-0.2, -0.15) is 0 Å². The Hall–Kier alpha value is -0.120. The zero-order valence-electron chi connectivity index (χ0n) is 6.47. The van der Waals surface area contributed by atoms with Crippen LogP contribution in [0.1, 0.15) is 13.3 Å². The molecule has 0 aliphatic carbocycles. The lowest BCUT2D eigenvalue weighted by Crippen LogP contribution is -2.43. The third kappa shape index (κ3) is 1.94. The van der Waals surface area contributed by atoms with Gasteiger partial charge in [0.05, 0.1) is 6.61 Å². The Morgan fingerprint density at radius 2 is 2.50 bits per heavy atom. The maximum Gasteiger partial charge on any atom is 0.0506 e. The van der Waals surface area contributed by atoms with Crippen LogP contribution in [0.3, 0.4) is 0 Å². The van der Waals surface area contributed by atoms with Gasteiger partial charge in [0, 0.05) is 19.3 Å². The number of hydrogen-bond acceptors (Lipinski definition) is 3. The summed E-state index contributed by atoms with van der Waals surface area (Å²) in [7, 11) is 0. The quantitative estimate of drug-likeness (QED) is 0.533. The molecule has 3 nitrogen and oxygen atoms in total. The predicted molar refractivity (Wildman–Crippen MR) is 40.6 cm³/mol. The maximum absolute atomic E-state index is 5.37. The van der Waals surface area contributed by atoms with Crippen LogP contribution >= 0.6 is 0 Å². The van der Waals surface area contributed by atoms with Crippen molar-refractivity contribution in [1.82, 2.24) is 5.32 Å². The van der Waals surface area contributed by atoms with Gasteiger partial charge in [0.2, 0.25) is 0 Å². The fourth-order valence-corrected chi connectivity index (χ4v) is 1.33. The largest absolute Gasteiger partial charge is 0.381 e. The first kappa shape index (κ1) is 7.98. The van der Waals surface area contributed by atoms with Crippen LogP contribution < -0.4 is 11.1 Å². The Kier molecular flexibility index (Phi) is 3.12. The molecule has 3 N–H and O–H groups in total. The van der Waals surface area contributed by atoms with Gasteiger partial charge in [-0.05, 0) is 12.3 Å². The summed E-state index contributed by atoms with van der Waals surface area (Å²) in [5.41, 5.74) is 5.37. The van der Waals surface area contributed by atoms with Crippen LogP contribution in [0.5, 0.6) is 0 Å². The molecule has 1 aliphatic rings. The summed E-state index contributed by atoms with van der Waals surface area (Å²) in [4.78, 5) is 0. The first-order valence-corrected chi connectivity index (χ1v) is 3.86. The van der Waals surface area contributed by atoms with E-state index in [1.54, 1.807) is 0 Å². The topological polar surface area (TPSA) is 47.3 Å². The molecule has 1 saturated heterocycles.